The number of benzene rings is 3. The number of carbonyl (C=O) groups is 1. The van der Waals surface area contributed by atoms with E-state index in [9.17, 15) is 9.90 Å². The Balaban J connectivity index is 2.07. The topological polar surface area (TPSA) is 46.5 Å². The van der Waals surface area contributed by atoms with Crippen LogP contribution in [-0.2, 0) is 9.53 Å². The van der Waals surface area contributed by atoms with Crippen LogP contribution in [0.2, 0.25) is 0 Å². The van der Waals surface area contributed by atoms with E-state index in [1.54, 1.807) is 13.0 Å². The first-order chi connectivity index (χ1) is 12.7. The van der Waals surface area contributed by atoms with Crippen molar-refractivity contribution in [2.45, 2.75) is 25.9 Å². The zero-order chi connectivity index (χ0) is 18.1. The first-order valence-electron chi connectivity index (χ1n) is 8.89. The molecule has 1 aliphatic rings. The molecule has 0 spiro atoms. The zero-order valence-electron chi connectivity index (χ0n) is 14.6. The first-order valence-corrected chi connectivity index (χ1v) is 8.89. The Morgan fingerprint density at radius 3 is 2.69 bits per heavy atom. The van der Waals surface area contributed by atoms with Gasteiger partial charge in [-0.15, -0.1) is 0 Å². The summed E-state index contributed by atoms with van der Waals surface area (Å²) >= 11 is 0. The van der Waals surface area contributed by atoms with Crippen molar-refractivity contribution in [2.75, 3.05) is 0 Å². The van der Waals surface area contributed by atoms with Crippen molar-refractivity contribution < 1.29 is 14.6 Å². The van der Waals surface area contributed by atoms with Crippen LogP contribution in [0.3, 0.4) is 0 Å². The maximum absolute atomic E-state index is 12.0. The van der Waals surface area contributed by atoms with Gasteiger partial charge in [-0.2, -0.15) is 0 Å². The summed E-state index contributed by atoms with van der Waals surface area (Å²) in [6.07, 6.45) is 2.61. The lowest BCUT2D eigenvalue weighted by atomic mass is 9.87. The van der Waals surface area contributed by atoms with E-state index in [2.05, 4.69) is 12.1 Å². The van der Waals surface area contributed by atoms with Crippen LogP contribution < -0.4 is 10.4 Å². The van der Waals surface area contributed by atoms with Gasteiger partial charge >= 0.3 is 5.97 Å². The molecule has 4 rings (SSSR count). The van der Waals surface area contributed by atoms with Crippen LogP contribution in [0.15, 0.2) is 60.7 Å². The van der Waals surface area contributed by atoms with Crippen LogP contribution >= 0.6 is 0 Å². The van der Waals surface area contributed by atoms with Crippen molar-refractivity contribution in [1.29, 1.82) is 0 Å². The molecule has 0 saturated carbocycles. The summed E-state index contributed by atoms with van der Waals surface area (Å²) in [7, 11) is 0. The van der Waals surface area contributed by atoms with Gasteiger partial charge in [0, 0.05) is 24.0 Å². The lowest BCUT2D eigenvalue weighted by Crippen LogP contribution is -2.37. The maximum Gasteiger partial charge on any atom is 0.306 e. The third-order valence-corrected chi connectivity index (χ3v) is 4.86. The van der Waals surface area contributed by atoms with Crippen LogP contribution in [-0.4, -0.2) is 17.2 Å². The predicted octanol–water partition coefficient (Wildman–Crippen LogP) is 3.25. The first kappa shape index (κ1) is 16.4. The Morgan fingerprint density at radius 1 is 1.08 bits per heavy atom. The summed E-state index contributed by atoms with van der Waals surface area (Å²) in [4.78, 5) is 12.0. The Hall–Kier alpha value is -3.07. The molecule has 3 aromatic carbocycles. The second kappa shape index (κ2) is 6.68. The number of hydrogen-bond donors (Lipinski definition) is 1. The van der Waals surface area contributed by atoms with E-state index >= 15 is 0 Å². The number of phenols is 1. The summed E-state index contributed by atoms with van der Waals surface area (Å²) in [5.74, 6) is -0.0343. The van der Waals surface area contributed by atoms with Gasteiger partial charge in [0.25, 0.3) is 0 Å². The number of aromatic hydroxyl groups is 1. The normalized spacial score (nSPS) is 16.0. The molecule has 0 heterocycles. The minimum absolute atomic E-state index is 0.202. The Bertz CT molecular complexity index is 1110. The van der Waals surface area contributed by atoms with Crippen molar-refractivity contribution in [3.63, 3.8) is 0 Å². The average molecular weight is 344 g/mol. The molecular weight excluding hydrogens is 324 g/mol. The van der Waals surface area contributed by atoms with E-state index in [0.717, 1.165) is 32.3 Å². The summed E-state index contributed by atoms with van der Waals surface area (Å²) in [5, 5.41) is 14.8. The smallest absolute Gasteiger partial charge is 0.306 e. The molecule has 0 saturated heterocycles. The van der Waals surface area contributed by atoms with Crippen molar-refractivity contribution in [1.82, 2.24) is 0 Å². The third-order valence-electron chi connectivity index (χ3n) is 4.86. The molecule has 1 N–H and O–H groups in total. The number of hydrogen-bond acceptors (Lipinski definition) is 3. The molecule has 3 heteroatoms. The fourth-order valence-corrected chi connectivity index (χ4v) is 3.63. The minimum Gasteiger partial charge on any atom is -0.507 e. The van der Waals surface area contributed by atoms with Crippen molar-refractivity contribution in [3.8, 4) is 5.75 Å². The van der Waals surface area contributed by atoms with Gasteiger partial charge in [-0.1, -0.05) is 67.6 Å². The summed E-state index contributed by atoms with van der Waals surface area (Å²) in [6, 6.07) is 19.6. The van der Waals surface area contributed by atoms with Gasteiger partial charge in [-0.25, -0.2) is 0 Å². The SMILES string of the molecule is CCC(=O)O[C@H]1CC=c2ccccc2=C1c1c(O)ccc2ccccc12. The van der Waals surface area contributed by atoms with E-state index in [1.165, 1.54) is 0 Å². The standard InChI is InChI=1S/C23H20O3/c1-2-21(25)26-20-14-12-16-8-4-6-10-18(16)23(20)22-17-9-5-3-7-15(17)11-13-19(22)24/h3-13,20,24H,2,14H2,1H3/t20-/m0/s1. The summed E-state index contributed by atoms with van der Waals surface area (Å²) < 4.78 is 5.75. The molecule has 0 aromatic heterocycles. The second-order valence-electron chi connectivity index (χ2n) is 6.45. The number of fused-ring (bicyclic) bond motifs is 2. The molecule has 1 aliphatic carbocycles. The number of carbonyl (C=O) groups excluding carboxylic acids is 1. The molecule has 0 unspecified atom stereocenters. The fraction of sp³-hybridized carbons (Fsp3) is 0.174. The zero-order valence-corrected chi connectivity index (χ0v) is 14.6. The molecule has 0 fully saturated rings. The third kappa shape index (κ3) is 2.76. The molecule has 0 amide bonds. The lowest BCUT2D eigenvalue weighted by molar-refractivity contribution is -0.145. The number of rotatable bonds is 3. The van der Waals surface area contributed by atoms with Gasteiger partial charge in [-0.3, -0.25) is 4.79 Å². The number of ether oxygens (including phenoxy) is 1. The predicted molar refractivity (Wildman–Crippen MR) is 103 cm³/mol. The quantitative estimate of drug-likeness (QED) is 0.742. The van der Waals surface area contributed by atoms with Crippen LogP contribution in [0.1, 0.15) is 25.3 Å². The molecule has 0 aliphatic heterocycles. The Morgan fingerprint density at radius 2 is 1.85 bits per heavy atom. The van der Waals surface area contributed by atoms with Crippen molar-refractivity contribution in [3.05, 3.63) is 76.7 Å². The average Bonchev–Trinajstić information content (AvgIpc) is 2.68. The molecular formula is C23H20O3. The minimum atomic E-state index is -0.408. The molecule has 0 radical (unpaired) electrons. The number of phenolic OH excluding ortho intramolecular Hbond substituents is 1. The van der Waals surface area contributed by atoms with Crippen LogP contribution in [0, 0.1) is 0 Å². The highest BCUT2D eigenvalue weighted by Crippen LogP contribution is 2.35. The van der Waals surface area contributed by atoms with E-state index in [0.29, 0.717) is 12.8 Å². The van der Waals surface area contributed by atoms with Gasteiger partial charge in [-0.05, 0) is 27.3 Å². The summed E-state index contributed by atoms with van der Waals surface area (Å²) in [6.45, 7) is 1.79. The largest absolute Gasteiger partial charge is 0.507 e. The maximum atomic E-state index is 12.0. The fourth-order valence-electron chi connectivity index (χ4n) is 3.63. The van der Waals surface area contributed by atoms with Crippen molar-refractivity contribution >= 4 is 28.4 Å². The number of esters is 1. The van der Waals surface area contributed by atoms with E-state index < -0.39 is 6.10 Å². The van der Waals surface area contributed by atoms with Gasteiger partial charge in [0.15, 0.2) is 0 Å². The molecule has 3 nitrogen and oxygen atoms in total. The van der Waals surface area contributed by atoms with E-state index in [-0.39, 0.29) is 11.7 Å². The van der Waals surface area contributed by atoms with Gasteiger partial charge in [0.2, 0.25) is 0 Å². The van der Waals surface area contributed by atoms with Crippen LogP contribution in [0.25, 0.3) is 22.4 Å². The highest BCUT2D eigenvalue weighted by atomic mass is 16.5. The second-order valence-corrected chi connectivity index (χ2v) is 6.45. The Labute approximate surface area is 151 Å². The van der Waals surface area contributed by atoms with E-state index in [1.807, 2.05) is 48.5 Å². The van der Waals surface area contributed by atoms with Crippen LogP contribution in [0.5, 0.6) is 5.75 Å². The summed E-state index contributed by atoms with van der Waals surface area (Å²) in [5.41, 5.74) is 1.62. The monoisotopic (exact) mass is 344 g/mol. The van der Waals surface area contributed by atoms with Crippen molar-refractivity contribution in [2.24, 2.45) is 0 Å². The highest BCUT2D eigenvalue weighted by molar-refractivity contribution is 5.97. The lowest BCUT2D eigenvalue weighted by Gasteiger charge is -2.24. The highest BCUT2D eigenvalue weighted by Gasteiger charge is 2.26. The molecule has 130 valence electrons. The van der Waals surface area contributed by atoms with Gasteiger partial charge in [0.1, 0.15) is 11.9 Å². The molecule has 26 heavy (non-hydrogen) atoms. The molecule has 3 aromatic rings. The molecule has 1 atom stereocenters. The van der Waals surface area contributed by atoms with Gasteiger partial charge in [0.05, 0.1) is 0 Å². The van der Waals surface area contributed by atoms with E-state index in [4.69, 9.17) is 4.74 Å². The Kier molecular flexibility index (Phi) is 4.21. The molecule has 0 bridgehead atoms. The van der Waals surface area contributed by atoms with Gasteiger partial charge < -0.3 is 9.84 Å². The van der Waals surface area contributed by atoms with Crippen LogP contribution in [0.4, 0.5) is 0 Å².